The number of aliphatic hydroxyl groups is 1. The van der Waals surface area contributed by atoms with Crippen LogP contribution in [0.4, 0.5) is 5.69 Å². The van der Waals surface area contributed by atoms with Crippen LogP contribution in [0.15, 0.2) is 61.7 Å². The maximum atomic E-state index is 13.1. The van der Waals surface area contributed by atoms with Gasteiger partial charge in [-0.15, -0.1) is 13.2 Å². The standard InChI is InChI=1S/C32H41ClN2O5S/c1-4-6-18-41(38,39)34-31(37)24-12-14-29-28(20-24)35(21-26-15-16-32(26,3)30(36)9-5-2)17-8-7-10-23-19-27(33)13-11-25(23)22-40-29/h4-5,11-14,19-20,26,30,36H,1-2,6-10,15-18,21-22H2,3H3,(H,34,37)/t26-,30+,32+/m1/s1. The Bertz CT molecular complexity index is 1380. The van der Waals surface area contributed by atoms with E-state index >= 15 is 0 Å². The average molecular weight is 601 g/mol. The minimum Gasteiger partial charge on any atom is -0.487 e. The number of ether oxygens (including phenoxy) is 1. The molecule has 2 aliphatic rings. The van der Waals surface area contributed by atoms with Crippen LogP contribution in [-0.4, -0.2) is 44.4 Å². The van der Waals surface area contributed by atoms with Gasteiger partial charge >= 0.3 is 0 Å². The number of benzene rings is 2. The Hall–Kier alpha value is -2.81. The summed E-state index contributed by atoms with van der Waals surface area (Å²) < 4.78 is 33.4. The fraction of sp³-hybridized carbons (Fsp3) is 0.469. The summed E-state index contributed by atoms with van der Waals surface area (Å²) in [5.74, 6) is -0.0326. The third-order valence-corrected chi connectivity index (χ3v) is 10.1. The molecule has 2 aromatic carbocycles. The number of nitrogens with one attached hydrogen (secondary N) is 1. The van der Waals surface area contributed by atoms with Crippen LogP contribution in [0.5, 0.6) is 5.75 Å². The Balaban J connectivity index is 1.67. The van der Waals surface area contributed by atoms with Crippen molar-refractivity contribution in [3.63, 3.8) is 0 Å². The molecule has 1 fully saturated rings. The van der Waals surface area contributed by atoms with E-state index < -0.39 is 22.0 Å². The Morgan fingerprint density at radius 3 is 2.73 bits per heavy atom. The molecule has 222 valence electrons. The van der Waals surface area contributed by atoms with Gasteiger partial charge in [-0.3, -0.25) is 4.79 Å². The molecule has 2 N–H and O–H groups in total. The van der Waals surface area contributed by atoms with Crippen molar-refractivity contribution in [2.75, 3.05) is 23.7 Å². The van der Waals surface area contributed by atoms with E-state index in [9.17, 15) is 18.3 Å². The minimum atomic E-state index is -3.80. The van der Waals surface area contributed by atoms with Gasteiger partial charge in [0.25, 0.3) is 5.91 Å². The van der Waals surface area contributed by atoms with Gasteiger partial charge in [0.2, 0.25) is 10.0 Å². The third-order valence-electron chi connectivity index (χ3n) is 8.63. The molecule has 4 rings (SSSR count). The lowest BCUT2D eigenvalue weighted by molar-refractivity contribution is -0.0693. The van der Waals surface area contributed by atoms with Crippen LogP contribution in [0.1, 0.15) is 66.9 Å². The van der Waals surface area contributed by atoms with E-state index in [1.54, 1.807) is 24.3 Å². The molecule has 1 aliphatic carbocycles. The first kappa shape index (κ1) is 31.1. The van der Waals surface area contributed by atoms with Gasteiger partial charge < -0.3 is 14.7 Å². The lowest BCUT2D eigenvalue weighted by Gasteiger charge is -2.52. The minimum absolute atomic E-state index is 0.209. The van der Waals surface area contributed by atoms with E-state index in [1.165, 1.54) is 6.08 Å². The number of carbonyl (C=O) groups is 1. The van der Waals surface area contributed by atoms with Crippen LogP contribution in [0.3, 0.4) is 0 Å². The molecule has 1 saturated carbocycles. The highest BCUT2D eigenvalue weighted by atomic mass is 35.5. The van der Waals surface area contributed by atoms with Gasteiger partial charge in [-0.1, -0.05) is 36.7 Å². The second kappa shape index (κ2) is 13.4. The van der Waals surface area contributed by atoms with Crippen molar-refractivity contribution in [1.29, 1.82) is 0 Å². The van der Waals surface area contributed by atoms with E-state index in [0.29, 0.717) is 30.3 Å². The number of aryl methyl sites for hydroxylation is 1. The number of halogens is 1. The quantitative estimate of drug-likeness (QED) is 0.322. The van der Waals surface area contributed by atoms with Gasteiger partial charge in [-0.05, 0) is 97.7 Å². The smallest absolute Gasteiger partial charge is 0.264 e. The number of allylic oxidation sites excluding steroid dienone is 1. The highest BCUT2D eigenvalue weighted by Gasteiger charge is 2.48. The number of anilines is 1. The fourth-order valence-electron chi connectivity index (χ4n) is 5.80. The zero-order chi connectivity index (χ0) is 29.6. The van der Waals surface area contributed by atoms with E-state index in [4.69, 9.17) is 16.3 Å². The van der Waals surface area contributed by atoms with Gasteiger partial charge in [0, 0.05) is 23.7 Å². The summed E-state index contributed by atoms with van der Waals surface area (Å²) in [6, 6.07) is 10.9. The van der Waals surface area contributed by atoms with Gasteiger partial charge in [0.15, 0.2) is 0 Å². The number of hydrogen-bond acceptors (Lipinski definition) is 6. The lowest BCUT2D eigenvalue weighted by Crippen LogP contribution is -2.51. The summed E-state index contributed by atoms with van der Waals surface area (Å²) in [6.45, 7) is 11.2. The normalized spacial score (nSPS) is 21.6. The molecule has 9 heteroatoms. The van der Waals surface area contributed by atoms with E-state index in [1.807, 2.05) is 18.2 Å². The van der Waals surface area contributed by atoms with Gasteiger partial charge in [0.05, 0.1) is 17.5 Å². The Kier molecular flexibility index (Phi) is 10.2. The van der Waals surface area contributed by atoms with Crippen LogP contribution in [0, 0.1) is 11.3 Å². The molecule has 0 saturated heterocycles. The first-order valence-electron chi connectivity index (χ1n) is 14.3. The molecule has 0 aromatic heterocycles. The van der Waals surface area contributed by atoms with E-state index in [0.717, 1.165) is 55.5 Å². The molecule has 0 spiro atoms. The first-order valence-corrected chi connectivity index (χ1v) is 16.3. The summed E-state index contributed by atoms with van der Waals surface area (Å²) in [6.07, 6.45) is 8.22. The lowest BCUT2D eigenvalue weighted by atomic mass is 9.57. The van der Waals surface area contributed by atoms with Gasteiger partial charge in [-0.2, -0.15) is 0 Å². The van der Waals surface area contributed by atoms with Crippen molar-refractivity contribution in [2.45, 2.75) is 64.6 Å². The van der Waals surface area contributed by atoms with Crippen molar-refractivity contribution in [1.82, 2.24) is 4.72 Å². The van der Waals surface area contributed by atoms with Gasteiger partial charge in [-0.25, -0.2) is 13.1 Å². The molecule has 7 nitrogen and oxygen atoms in total. The number of aliphatic hydroxyl groups excluding tert-OH is 1. The summed E-state index contributed by atoms with van der Waals surface area (Å²) in [7, 11) is -3.80. The van der Waals surface area contributed by atoms with Crippen molar-refractivity contribution in [3.8, 4) is 5.75 Å². The van der Waals surface area contributed by atoms with Gasteiger partial charge in [0.1, 0.15) is 12.4 Å². The average Bonchev–Trinajstić information content (AvgIpc) is 2.96. The van der Waals surface area contributed by atoms with Crippen LogP contribution >= 0.6 is 11.6 Å². The second-order valence-electron chi connectivity index (χ2n) is 11.4. The molecule has 0 bridgehead atoms. The maximum absolute atomic E-state index is 13.1. The van der Waals surface area contributed by atoms with Crippen molar-refractivity contribution < 1.29 is 23.1 Å². The second-order valence-corrected chi connectivity index (χ2v) is 13.7. The highest BCUT2D eigenvalue weighted by molar-refractivity contribution is 7.90. The predicted molar refractivity (Wildman–Crippen MR) is 165 cm³/mol. The monoisotopic (exact) mass is 600 g/mol. The summed E-state index contributed by atoms with van der Waals surface area (Å²) in [5.41, 5.74) is 2.97. The van der Waals surface area contributed by atoms with Crippen molar-refractivity contribution in [3.05, 3.63) is 83.4 Å². The molecule has 0 radical (unpaired) electrons. The molecule has 41 heavy (non-hydrogen) atoms. The highest BCUT2D eigenvalue weighted by Crippen LogP contribution is 2.51. The van der Waals surface area contributed by atoms with Crippen LogP contribution in [0.25, 0.3) is 0 Å². The molecule has 1 aliphatic heterocycles. The molecule has 1 amide bonds. The Morgan fingerprint density at radius 1 is 1.22 bits per heavy atom. The molecule has 1 heterocycles. The topological polar surface area (TPSA) is 95.9 Å². The first-order chi connectivity index (χ1) is 19.6. The van der Waals surface area contributed by atoms with E-state index in [-0.39, 0.29) is 29.1 Å². The van der Waals surface area contributed by atoms with Crippen molar-refractivity contribution >= 4 is 33.2 Å². The number of rotatable bonds is 10. The summed E-state index contributed by atoms with van der Waals surface area (Å²) in [5, 5.41) is 11.6. The number of fused-ring (bicyclic) bond motifs is 2. The largest absolute Gasteiger partial charge is 0.487 e. The molecular weight excluding hydrogens is 560 g/mol. The molecule has 2 aromatic rings. The zero-order valence-corrected chi connectivity index (χ0v) is 25.4. The third kappa shape index (κ3) is 7.53. The van der Waals surface area contributed by atoms with Crippen molar-refractivity contribution in [2.24, 2.45) is 11.3 Å². The number of amides is 1. The number of hydrogen-bond donors (Lipinski definition) is 2. The molecule has 3 atom stereocenters. The Labute approximate surface area is 249 Å². The number of carbonyl (C=O) groups excluding carboxylic acids is 1. The van der Waals surface area contributed by atoms with E-state index in [2.05, 4.69) is 29.7 Å². The predicted octanol–water partition coefficient (Wildman–Crippen LogP) is 6.05. The fourth-order valence-corrected chi connectivity index (χ4v) is 6.98. The van der Waals surface area contributed by atoms with Crippen LogP contribution in [-0.2, 0) is 23.1 Å². The molecule has 0 unspecified atom stereocenters. The summed E-state index contributed by atoms with van der Waals surface area (Å²) in [4.78, 5) is 15.3. The zero-order valence-electron chi connectivity index (χ0n) is 23.8. The number of nitrogens with zero attached hydrogens (tertiary/aromatic N) is 1. The molecular formula is C32H41ClN2O5S. The summed E-state index contributed by atoms with van der Waals surface area (Å²) >= 11 is 6.29. The number of sulfonamides is 1. The van der Waals surface area contributed by atoms with Crippen LogP contribution < -0.4 is 14.4 Å². The SMILES string of the molecule is C=CCCS(=O)(=O)NC(=O)c1ccc2c(c1)N(C[C@H]1CC[C@]1(C)[C@@H](O)CC=C)CCCCc1cc(Cl)ccc1CO2. The Morgan fingerprint density at radius 2 is 2.02 bits per heavy atom. The maximum Gasteiger partial charge on any atom is 0.264 e. The van der Waals surface area contributed by atoms with Crippen LogP contribution in [0.2, 0.25) is 5.02 Å².